The van der Waals surface area contributed by atoms with E-state index in [2.05, 4.69) is 5.32 Å². The van der Waals surface area contributed by atoms with Gasteiger partial charge < -0.3 is 10.4 Å². The van der Waals surface area contributed by atoms with Crippen LogP contribution in [0.1, 0.15) is 24.0 Å². The molecule has 1 aliphatic rings. The SMILES string of the molecule is Cc1ccc(-c2ccc(C[C@H](NC(=O)C3CCCN(S(=O)(=O)c4ccc5ccccc5c4)C3)C(=O)O)cc2)cc1. The van der Waals surface area contributed by atoms with Crippen molar-refractivity contribution in [3.63, 3.8) is 0 Å². The number of hydrogen-bond donors (Lipinski definition) is 2. The lowest BCUT2D eigenvalue weighted by Gasteiger charge is -2.32. The van der Waals surface area contributed by atoms with Crippen LogP contribution in [-0.4, -0.2) is 48.8 Å². The Kier molecular flexibility index (Phi) is 8.00. The second-order valence-electron chi connectivity index (χ2n) is 10.4. The molecule has 5 rings (SSSR count). The van der Waals surface area contributed by atoms with Crippen LogP contribution in [0.2, 0.25) is 0 Å². The number of carboxylic acids is 1. The van der Waals surface area contributed by atoms with Crippen LogP contribution in [-0.2, 0) is 26.0 Å². The molecular formula is C32H32N2O5S. The highest BCUT2D eigenvalue weighted by atomic mass is 32.2. The molecule has 0 bridgehead atoms. The van der Waals surface area contributed by atoms with Gasteiger partial charge in [0.05, 0.1) is 10.8 Å². The maximum atomic E-state index is 13.4. The summed E-state index contributed by atoms with van der Waals surface area (Å²) in [6.45, 7) is 2.36. The maximum Gasteiger partial charge on any atom is 0.326 e. The molecule has 0 radical (unpaired) electrons. The average molecular weight is 557 g/mol. The highest BCUT2D eigenvalue weighted by molar-refractivity contribution is 7.89. The molecule has 40 heavy (non-hydrogen) atoms. The van der Waals surface area contributed by atoms with Crippen molar-refractivity contribution >= 4 is 32.7 Å². The fraction of sp³-hybridized carbons (Fsp3) is 0.250. The highest BCUT2D eigenvalue weighted by Crippen LogP contribution is 2.27. The summed E-state index contributed by atoms with van der Waals surface area (Å²) in [6.07, 6.45) is 1.14. The maximum absolute atomic E-state index is 13.4. The van der Waals surface area contributed by atoms with E-state index in [1.54, 1.807) is 18.2 Å². The fourth-order valence-corrected chi connectivity index (χ4v) is 6.72. The zero-order chi connectivity index (χ0) is 28.3. The van der Waals surface area contributed by atoms with Crippen LogP contribution >= 0.6 is 0 Å². The Labute approximate surface area is 234 Å². The third-order valence-corrected chi connectivity index (χ3v) is 9.37. The zero-order valence-electron chi connectivity index (χ0n) is 22.3. The van der Waals surface area contributed by atoms with E-state index in [4.69, 9.17) is 0 Å². The molecule has 1 unspecified atom stereocenters. The molecule has 4 aromatic rings. The first-order valence-corrected chi connectivity index (χ1v) is 14.8. The summed E-state index contributed by atoms with van der Waals surface area (Å²) < 4.78 is 28.2. The minimum absolute atomic E-state index is 0.0125. The van der Waals surface area contributed by atoms with E-state index in [-0.39, 0.29) is 17.9 Å². The van der Waals surface area contributed by atoms with Crippen molar-refractivity contribution in [1.82, 2.24) is 9.62 Å². The number of nitrogens with zero attached hydrogens (tertiary/aromatic N) is 1. The van der Waals surface area contributed by atoms with Crippen LogP contribution in [0, 0.1) is 12.8 Å². The van der Waals surface area contributed by atoms with Crippen LogP contribution in [0.4, 0.5) is 0 Å². The summed E-state index contributed by atoms with van der Waals surface area (Å²) >= 11 is 0. The second kappa shape index (κ2) is 11.6. The molecule has 0 aromatic heterocycles. The largest absolute Gasteiger partial charge is 0.480 e. The van der Waals surface area contributed by atoms with Gasteiger partial charge in [0.15, 0.2) is 0 Å². The topological polar surface area (TPSA) is 104 Å². The van der Waals surface area contributed by atoms with E-state index in [1.807, 2.05) is 79.7 Å². The number of sulfonamides is 1. The molecule has 8 heteroatoms. The Morgan fingerprint density at radius 2 is 1.57 bits per heavy atom. The molecule has 2 N–H and O–H groups in total. The van der Waals surface area contributed by atoms with Gasteiger partial charge in [-0.25, -0.2) is 13.2 Å². The van der Waals surface area contributed by atoms with Crippen LogP contribution < -0.4 is 5.32 Å². The minimum Gasteiger partial charge on any atom is -0.480 e. The van der Waals surface area contributed by atoms with E-state index in [0.717, 1.165) is 27.5 Å². The van der Waals surface area contributed by atoms with Crippen LogP contribution in [0.5, 0.6) is 0 Å². The zero-order valence-corrected chi connectivity index (χ0v) is 23.1. The monoisotopic (exact) mass is 556 g/mol. The normalized spacial score (nSPS) is 16.9. The molecule has 206 valence electrons. The Hall–Kier alpha value is -4.01. The van der Waals surface area contributed by atoms with Crippen LogP contribution in [0.3, 0.4) is 0 Å². The molecule has 0 aliphatic carbocycles. The summed E-state index contributed by atoms with van der Waals surface area (Å²) in [5, 5.41) is 14.3. The first kappa shape index (κ1) is 27.6. The van der Waals surface area contributed by atoms with Gasteiger partial charge in [0.25, 0.3) is 0 Å². The smallest absolute Gasteiger partial charge is 0.326 e. The number of hydrogen-bond acceptors (Lipinski definition) is 4. The van der Waals surface area contributed by atoms with E-state index in [1.165, 1.54) is 9.87 Å². The van der Waals surface area contributed by atoms with Gasteiger partial charge in [-0.2, -0.15) is 4.31 Å². The van der Waals surface area contributed by atoms with E-state index in [0.29, 0.717) is 19.4 Å². The standard InChI is InChI=1S/C32H32N2O5S/c1-22-8-12-25(13-9-22)26-14-10-23(11-15-26)19-30(32(36)37)33-31(35)28-7-4-18-34(21-28)40(38,39)29-17-16-24-5-2-3-6-27(24)20-29/h2-3,5-6,8-17,20,28,30H,4,7,18-19,21H2,1H3,(H,33,35)(H,36,37)/t28?,30-/m0/s1. The highest BCUT2D eigenvalue weighted by Gasteiger charge is 2.34. The second-order valence-corrected chi connectivity index (χ2v) is 12.3. The third kappa shape index (κ3) is 6.08. The molecule has 1 aliphatic heterocycles. The Morgan fingerprint density at radius 3 is 2.25 bits per heavy atom. The van der Waals surface area contributed by atoms with Gasteiger partial charge in [0, 0.05) is 19.5 Å². The van der Waals surface area contributed by atoms with Crippen molar-refractivity contribution in [2.45, 2.75) is 37.1 Å². The van der Waals surface area contributed by atoms with Gasteiger partial charge in [-0.15, -0.1) is 0 Å². The number of rotatable bonds is 8. The summed E-state index contributed by atoms with van der Waals surface area (Å²) in [4.78, 5) is 25.4. The first-order chi connectivity index (χ1) is 19.2. The average Bonchev–Trinajstić information content (AvgIpc) is 2.97. The van der Waals surface area contributed by atoms with Gasteiger partial charge in [0.2, 0.25) is 15.9 Å². The van der Waals surface area contributed by atoms with Gasteiger partial charge >= 0.3 is 5.97 Å². The van der Waals surface area contributed by atoms with E-state index < -0.39 is 33.9 Å². The molecule has 0 spiro atoms. The number of carbonyl (C=O) groups excluding carboxylic acids is 1. The predicted molar refractivity (Wildman–Crippen MR) is 155 cm³/mol. The van der Waals surface area contributed by atoms with Crippen molar-refractivity contribution in [3.8, 4) is 11.1 Å². The lowest BCUT2D eigenvalue weighted by Crippen LogP contribution is -2.50. The predicted octanol–water partition coefficient (Wildman–Crippen LogP) is 5.03. The summed E-state index contributed by atoms with van der Waals surface area (Å²) in [5.41, 5.74) is 4.05. The van der Waals surface area contributed by atoms with Gasteiger partial charge in [-0.1, -0.05) is 84.4 Å². The number of benzene rings is 4. The Balaban J connectivity index is 1.25. The van der Waals surface area contributed by atoms with E-state index >= 15 is 0 Å². The number of amides is 1. The molecule has 1 fully saturated rings. The van der Waals surface area contributed by atoms with Gasteiger partial charge in [-0.05, 0) is 59.4 Å². The van der Waals surface area contributed by atoms with Gasteiger partial charge in [-0.3, -0.25) is 4.79 Å². The number of piperidine rings is 1. The summed E-state index contributed by atoms with van der Waals surface area (Å²) in [5.74, 6) is -2.20. The molecule has 1 saturated heterocycles. The van der Waals surface area contributed by atoms with Crippen LogP contribution in [0.15, 0.2) is 95.9 Å². The number of fused-ring (bicyclic) bond motifs is 1. The van der Waals surface area contributed by atoms with Crippen molar-refractivity contribution in [3.05, 3.63) is 102 Å². The number of aliphatic carboxylic acids is 1. The molecule has 7 nitrogen and oxygen atoms in total. The molecular weight excluding hydrogens is 524 g/mol. The fourth-order valence-electron chi connectivity index (χ4n) is 5.16. The molecule has 0 saturated carbocycles. The first-order valence-electron chi connectivity index (χ1n) is 13.4. The quantitative estimate of drug-likeness (QED) is 0.317. The van der Waals surface area contributed by atoms with E-state index in [9.17, 15) is 23.1 Å². The minimum atomic E-state index is -3.81. The van der Waals surface area contributed by atoms with Crippen LogP contribution in [0.25, 0.3) is 21.9 Å². The third-order valence-electron chi connectivity index (χ3n) is 7.51. The number of nitrogens with one attached hydrogen (secondary N) is 1. The number of aryl methyl sites for hydroxylation is 1. The molecule has 4 aromatic carbocycles. The van der Waals surface area contributed by atoms with Crippen molar-refractivity contribution < 1.29 is 23.1 Å². The number of carbonyl (C=O) groups is 2. The number of carboxylic acid groups (broad SMARTS) is 1. The summed E-state index contributed by atoms with van der Waals surface area (Å²) in [7, 11) is -3.81. The van der Waals surface area contributed by atoms with Gasteiger partial charge in [0.1, 0.15) is 6.04 Å². The van der Waals surface area contributed by atoms with Crippen molar-refractivity contribution in [1.29, 1.82) is 0 Å². The lowest BCUT2D eigenvalue weighted by atomic mass is 9.97. The van der Waals surface area contributed by atoms with Crippen molar-refractivity contribution in [2.75, 3.05) is 13.1 Å². The Morgan fingerprint density at radius 1 is 0.925 bits per heavy atom. The lowest BCUT2D eigenvalue weighted by molar-refractivity contribution is -0.142. The Bertz CT molecular complexity index is 1630. The molecule has 2 atom stereocenters. The molecule has 1 heterocycles. The molecule has 1 amide bonds. The summed E-state index contributed by atoms with van der Waals surface area (Å²) in [6, 6.07) is 27.2. The van der Waals surface area contributed by atoms with Crippen molar-refractivity contribution in [2.24, 2.45) is 5.92 Å².